The third kappa shape index (κ3) is 3.28. The van der Waals surface area contributed by atoms with Gasteiger partial charge in [-0.3, -0.25) is 10.4 Å². The molecule has 1 aromatic rings. The van der Waals surface area contributed by atoms with E-state index in [-0.39, 0.29) is 12.4 Å². The summed E-state index contributed by atoms with van der Waals surface area (Å²) in [6.07, 6.45) is -3.16. The van der Waals surface area contributed by atoms with E-state index in [2.05, 4.69) is 20.7 Å². The average Bonchev–Trinajstić information content (AvgIpc) is 2.96. The van der Waals surface area contributed by atoms with Crippen LogP contribution in [0, 0.1) is 6.92 Å². The number of ether oxygens (including phenoxy) is 1. The van der Waals surface area contributed by atoms with Crippen molar-refractivity contribution < 1.29 is 22.3 Å². The summed E-state index contributed by atoms with van der Waals surface area (Å²) in [6.45, 7) is 2.03. The molecule has 1 fully saturated rings. The molecule has 1 aromatic heterocycles. The van der Waals surface area contributed by atoms with Gasteiger partial charge in [0.1, 0.15) is 17.6 Å². The Kier molecular flexibility index (Phi) is 4.69. The van der Waals surface area contributed by atoms with Crippen molar-refractivity contribution in [3.05, 3.63) is 28.8 Å². The first-order valence-electron chi connectivity index (χ1n) is 8.05. The lowest BCUT2D eigenvalue weighted by Gasteiger charge is -2.33. The summed E-state index contributed by atoms with van der Waals surface area (Å²) >= 11 is 0. The van der Waals surface area contributed by atoms with Crippen LogP contribution in [-0.2, 0) is 10.5 Å². The Balaban J connectivity index is 1.93. The van der Waals surface area contributed by atoms with Gasteiger partial charge in [0, 0.05) is 26.1 Å². The number of nitrogens with two attached hydrogens (primary N) is 1. The van der Waals surface area contributed by atoms with Gasteiger partial charge in [-0.25, -0.2) is 9.38 Å². The first kappa shape index (κ1) is 18.6. The zero-order valence-electron chi connectivity index (χ0n) is 14.3. The second-order valence-corrected chi connectivity index (χ2v) is 6.24. The molecule has 2 aliphatic heterocycles. The summed E-state index contributed by atoms with van der Waals surface area (Å²) < 4.78 is 59.8. The fourth-order valence-electron chi connectivity index (χ4n) is 3.09. The second kappa shape index (κ2) is 6.54. The highest BCUT2D eigenvalue weighted by Crippen LogP contribution is 2.32. The van der Waals surface area contributed by atoms with E-state index in [1.807, 2.05) is 0 Å². The van der Waals surface area contributed by atoms with Crippen LogP contribution in [0.4, 0.5) is 17.6 Å². The fraction of sp³-hybridized carbons (Fsp3) is 0.600. The molecule has 0 aliphatic carbocycles. The van der Waals surface area contributed by atoms with Crippen molar-refractivity contribution in [1.29, 1.82) is 0 Å². The smallest absolute Gasteiger partial charge is 0.378 e. The van der Waals surface area contributed by atoms with E-state index in [0.717, 1.165) is 0 Å². The lowest BCUT2D eigenvalue weighted by Crippen LogP contribution is -2.54. The third-order valence-electron chi connectivity index (χ3n) is 4.46. The van der Waals surface area contributed by atoms with Gasteiger partial charge in [0.15, 0.2) is 0 Å². The Labute approximate surface area is 147 Å². The van der Waals surface area contributed by atoms with Crippen LogP contribution < -0.4 is 16.4 Å². The zero-order valence-corrected chi connectivity index (χ0v) is 14.3. The normalized spacial score (nSPS) is 29.7. The summed E-state index contributed by atoms with van der Waals surface area (Å²) in [5.41, 5.74) is 6.06. The number of aromatic nitrogens is 2. The highest BCUT2D eigenvalue weighted by molar-refractivity contribution is 5.82. The monoisotopic (exact) mass is 376 g/mol. The third-order valence-corrected chi connectivity index (χ3v) is 4.46. The average molecular weight is 376 g/mol. The molecule has 7 nitrogen and oxygen atoms in total. The molecule has 11 heteroatoms. The molecule has 0 spiro atoms. The lowest BCUT2D eigenvalue weighted by atomic mass is 10.1. The predicted molar refractivity (Wildman–Crippen MR) is 86.0 cm³/mol. The molecular formula is C15H20F4N6O. The Hall–Kier alpha value is -2.14. The van der Waals surface area contributed by atoms with Crippen molar-refractivity contribution in [2.24, 2.45) is 10.7 Å². The highest BCUT2D eigenvalue weighted by atomic mass is 19.4. The van der Waals surface area contributed by atoms with E-state index >= 15 is 0 Å². The lowest BCUT2D eigenvalue weighted by molar-refractivity contribution is -0.0875. The van der Waals surface area contributed by atoms with Crippen molar-refractivity contribution >= 4 is 6.21 Å². The van der Waals surface area contributed by atoms with Crippen LogP contribution in [0.3, 0.4) is 0 Å². The summed E-state index contributed by atoms with van der Waals surface area (Å²) in [5.74, 6) is -1.94. The minimum Gasteiger partial charge on any atom is -0.378 e. The Bertz CT molecular complexity index is 743. The van der Waals surface area contributed by atoms with Gasteiger partial charge in [0.2, 0.25) is 5.79 Å². The highest BCUT2D eigenvalue weighted by Gasteiger charge is 2.42. The number of nitrogens with zero attached hydrogens (tertiary/aromatic N) is 3. The molecule has 3 heterocycles. The fourth-order valence-corrected chi connectivity index (χ4v) is 3.09. The Morgan fingerprint density at radius 1 is 1.46 bits per heavy atom. The van der Waals surface area contributed by atoms with Gasteiger partial charge in [0.05, 0.1) is 23.9 Å². The Morgan fingerprint density at radius 3 is 2.81 bits per heavy atom. The molecule has 144 valence electrons. The van der Waals surface area contributed by atoms with E-state index < -0.39 is 29.7 Å². The van der Waals surface area contributed by atoms with Gasteiger partial charge in [-0.15, -0.1) is 0 Å². The SMILES string of the molecule is CNC1=C(C(F)(F)F)C=NC(N)(c2cn(C3CCOCC3F)nc2C)N1. The number of aliphatic imine (C=N–C) groups is 1. The first-order valence-corrected chi connectivity index (χ1v) is 8.05. The van der Waals surface area contributed by atoms with Crippen molar-refractivity contribution in [3.8, 4) is 0 Å². The van der Waals surface area contributed by atoms with Gasteiger partial charge in [-0.1, -0.05) is 0 Å². The molecule has 3 unspecified atom stereocenters. The molecule has 0 radical (unpaired) electrons. The van der Waals surface area contributed by atoms with Gasteiger partial charge in [-0.2, -0.15) is 18.3 Å². The number of allylic oxidation sites excluding steroid dienone is 1. The summed E-state index contributed by atoms with van der Waals surface area (Å²) in [7, 11) is 1.35. The molecule has 0 aromatic carbocycles. The van der Waals surface area contributed by atoms with Gasteiger partial charge >= 0.3 is 6.18 Å². The first-order chi connectivity index (χ1) is 12.2. The number of aryl methyl sites for hydroxylation is 1. The van der Waals surface area contributed by atoms with E-state index in [1.165, 1.54) is 17.9 Å². The standard InChI is InChI=1S/C15H20F4N6O/c1-8-10(6-25(24-8)12-3-4-26-7-11(12)16)15(20)22-5-9(14(17,18)19)13(21-2)23-15/h5-6,11-12,21,23H,3-4,7,20H2,1-2H3. The van der Waals surface area contributed by atoms with Crippen LogP contribution in [0.2, 0.25) is 0 Å². The molecule has 0 saturated carbocycles. The summed E-state index contributed by atoms with van der Waals surface area (Å²) in [5, 5.41) is 9.33. The van der Waals surface area contributed by atoms with Crippen LogP contribution in [0.15, 0.2) is 22.6 Å². The van der Waals surface area contributed by atoms with Crippen LogP contribution >= 0.6 is 0 Å². The quantitative estimate of drug-likeness (QED) is 0.691. The zero-order chi connectivity index (χ0) is 19.1. The topological polar surface area (TPSA) is 89.5 Å². The number of nitrogens with one attached hydrogen (secondary N) is 2. The molecular weight excluding hydrogens is 356 g/mol. The van der Waals surface area contributed by atoms with Crippen LogP contribution in [0.5, 0.6) is 0 Å². The van der Waals surface area contributed by atoms with E-state index in [0.29, 0.717) is 30.5 Å². The van der Waals surface area contributed by atoms with Crippen molar-refractivity contribution in [2.75, 3.05) is 20.3 Å². The maximum absolute atomic E-state index is 14.1. The number of hydrogen-bond acceptors (Lipinski definition) is 6. The van der Waals surface area contributed by atoms with E-state index in [1.54, 1.807) is 6.92 Å². The van der Waals surface area contributed by atoms with Crippen LogP contribution in [-0.4, -0.2) is 48.6 Å². The molecule has 2 aliphatic rings. The molecule has 0 amide bonds. The molecule has 4 N–H and O–H groups in total. The predicted octanol–water partition coefficient (Wildman–Crippen LogP) is 1.23. The maximum Gasteiger partial charge on any atom is 0.421 e. The van der Waals surface area contributed by atoms with Gasteiger partial charge < -0.3 is 15.4 Å². The largest absolute Gasteiger partial charge is 0.421 e. The minimum atomic E-state index is -4.58. The number of alkyl halides is 4. The van der Waals surface area contributed by atoms with Crippen molar-refractivity contribution in [2.45, 2.75) is 37.5 Å². The number of halogens is 4. The van der Waals surface area contributed by atoms with E-state index in [4.69, 9.17) is 10.5 Å². The molecule has 1 saturated heterocycles. The summed E-state index contributed by atoms with van der Waals surface area (Å²) in [4.78, 5) is 3.87. The number of rotatable bonds is 3. The molecule has 0 bridgehead atoms. The van der Waals surface area contributed by atoms with Crippen LogP contribution in [0.25, 0.3) is 0 Å². The maximum atomic E-state index is 14.1. The summed E-state index contributed by atoms with van der Waals surface area (Å²) in [6, 6.07) is -0.516. The molecule has 3 atom stereocenters. The van der Waals surface area contributed by atoms with Crippen molar-refractivity contribution in [1.82, 2.24) is 20.4 Å². The Morgan fingerprint density at radius 2 is 2.19 bits per heavy atom. The molecule has 3 rings (SSSR count). The second-order valence-electron chi connectivity index (χ2n) is 6.24. The van der Waals surface area contributed by atoms with Crippen molar-refractivity contribution in [3.63, 3.8) is 0 Å². The molecule has 26 heavy (non-hydrogen) atoms. The van der Waals surface area contributed by atoms with Gasteiger partial charge in [-0.05, 0) is 13.3 Å². The minimum absolute atomic E-state index is 0.0232. The van der Waals surface area contributed by atoms with Crippen LogP contribution in [0.1, 0.15) is 23.7 Å². The van der Waals surface area contributed by atoms with E-state index in [9.17, 15) is 17.6 Å². The number of hydrogen-bond donors (Lipinski definition) is 3. The van der Waals surface area contributed by atoms with Gasteiger partial charge in [0.25, 0.3) is 0 Å².